The van der Waals surface area contributed by atoms with E-state index in [4.69, 9.17) is 4.74 Å². The van der Waals surface area contributed by atoms with E-state index in [1.807, 2.05) is 132 Å². The molecule has 6 nitrogen and oxygen atoms in total. The molecule has 6 rings (SSSR count). The maximum absolute atomic E-state index is 14.0. The number of carbonyl (C=O) groups is 2. The molecule has 5 aromatic rings. The Hall–Kier alpha value is -5.36. The summed E-state index contributed by atoms with van der Waals surface area (Å²) in [5, 5.41) is 2.88. The van der Waals surface area contributed by atoms with Gasteiger partial charge in [-0.2, -0.15) is 0 Å². The highest BCUT2D eigenvalue weighted by Crippen LogP contribution is 2.42. The molecule has 0 fully saturated rings. The van der Waals surface area contributed by atoms with Gasteiger partial charge in [0.1, 0.15) is 11.9 Å². The first kappa shape index (κ1) is 26.8. The van der Waals surface area contributed by atoms with E-state index in [2.05, 4.69) is 22.3 Å². The van der Waals surface area contributed by atoms with Gasteiger partial charge in [0, 0.05) is 18.8 Å². The molecule has 0 radical (unpaired) electrons. The average molecular weight is 554 g/mol. The van der Waals surface area contributed by atoms with Crippen LogP contribution in [0, 0.1) is 0 Å². The third-order valence-electron chi connectivity index (χ3n) is 7.31. The third kappa shape index (κ3) is 5.88. The number of hydrogen-bond donors (Lipinski definition) is 1. The number of nitrogens with zero attached hydrogens (tertiary/aromatic N) is 2. The minimum absolute atomic E-state index is 0.0541. The van der Waals surface area contributed by atoms with E-state index in [1.165, 1.54) is 0 Å². The lowest BCUT2D eigenvalue weighted by molar-refractivity contribution is -0.123. The van der Waals surface area contributed by atoms with Crippen LogP contribution in [-0.2, 0) is 17.9 Å². The topological polar surface area (TPSA) is 61.9 Å². The molecule has 0 saturated carbocycles. The number of rotatable bonds is 9. The third-order valence-corrected chi connectivity index (χ3v) is 7.31. The Morgan fingerprint density at radius 3 is 1.98 bits per heavy atom. The zero-order valence-corrected chi connectivity index (χ0v) is 23.1. The van der Waals surface area contributed by atoms with E-state index in [0.29, 0.717) is 24.4 Å². The minimum Gasteiger partial charge on any atom is -0.484 e. The summed E-state index contributed by atoms with van der Waals surface area (Å²) in [6.07, 6.45) is -0.404. The number of amides is 2. The van der Waals surface area contributed by atoms with Crippen LogP contribution in [0.4, 0.5) is 11.4 Å². The van der Waals surface area contributed by atoms with Crippen LogP contribution in [0.5, 0.6) is 5.75 Å². The molecule has 0 aromatic heterocycles. The van der Waals surface area contributed by atoms with Crippen LogP contribution in [0.2, 0.25) is 0 Å². The molecule has 1 aliphatic heterocycles. The van der Waals surface area contributed by atoms with Gasteiger partial charge in [-0.15, -0.1) is 0 Å². The van der Waals surface area contributed by atoms with Crippen molar-refractivity contribution in [1.29, 1.82) is 0 Å². The van der Waals surface area contributed by atoms with Crippen molar-refractivity contribution in [2.45, 2.75) is 19.3 Å². The maximum Gasteiger partial charge on any atom is 0.262 e. The summed E-state index contributed by atoms with van der Waals surface area (Å²) >= 11 is 0. The average Bonchev–Trinajstić information content (AvgIpc) is 3.05. The van der Waals surface area contributed by atoms with Crippen molar-refractivity contribution in [3.63, 3.8) is 0 Å². The normalized spacial score (nSPS) is 14.3. The van der Waals surface area contributed by atoms with Crippen molar-refractivity contribution < 1.29 is 14.3 Å². The second-order valence-corrected chi connectivity index (χ2v) is 10.1. The summed E-state index contributed by atoms with van der Waals surface area (Å²) in [6.45, 7) is 0.975. The summed E-state index contributed by atoms with van der Waals surface area (Å²) in [4.78, 5) is 30.6. The lowest BCUT2D eigenvalue weighted by Crippen LogP contribution is -2.49. The highest BCUT2D eigenvalue weighted by Gasteiger charge is 2.39. The number of carbonyl (C=O) groups excluding carboxylic acids is 2. The molecule has 208 valence electrons. The van der Waals surface area contributed by atoms with Crippen molar-refractivity contribution in [3.8, 4) is 5.75 Å². The minimum atomic E-state index is -0.404. The summed E-state index contributed by atoms with van der Waals surface area (Å²) in [5.41, 5.74) is 5.46. The molecule has 1 N–H and O–H groups in total. The number of anilines is 2. The monoisotopic (exact) mass is 553 g/mol. The summed E-state index contributed by atoms with van der Waals surface area (Å²) in [5.74, 6) is 0.334. The van der Waals surface area contributed by atoms with Crippen LogP contribution in [0.1, 0.15) is 33.2 Å². The molecular weight excluding hydrogens is 522 g/mol. The van der Waals surface area contributed by atoms with Crippen LogP contribution in [0.3, 0.4) is 0 Å². The number of hydrogen-bond acceptors (Lipinski definition) is 4. The van der Waals surface area contributed by atoms with E-state index in [0.717, 1.165) is 28.1 Å². The Morgan fingerprint density at radius 2 is 1.29 bits per heavy atom. The first-order chi connectivity index (χ1) is 20.7. The van der Waals surface area contributed by atoms with Gasteiger partial charge in [0.25, 0.3) is 11.8 Å². The molecule has 1 heterocycles. The van der Waals surface area contributed by atoms with Crippen molar-refractivity contribution >= 4 is 23.2 Å². The predicted octanol–water partition coefficient (Wildman–Crippen LogP) is 6.75. The molecule has 2 amide bonds. The number of ether oxygens (including phenoxy) is 1. The fourth-order valence-corrected chi connectivity index (χ4v) is 5.28. The van der Waals surface area contributed by atoms with E-state index < -0.39 is 6.17 Å². The van der Waals surface area contributed by atoms with Crippen molar-refractivity contribution in [3.05, 3.63) is 162 Å². The van der Waals surface area contributed by atoms with E-state index in [9.17, 15) is 9.59 Å². The predicted molar refractivity (Wildman–Crippen MR) is 165 cm³/mol. The quantitative estimate of drug-likeness (QED) is 0.219. The number of benzene rings is 5. The fraction of sp³-hybridized carbons (Fsp3) is 0.111. The molecule has 5 aromatic carbocycles. The molecule has 6 heteroatoms. The van der Waals surface area contributed by atoms with Crippen molar-refractivity contribution in [2.24, 2.45) is 0 Å². The van der Waals surface area contributed by atoms with Gasteiger partial charge in [0.05, 0.1) is 11.3 Å². The van der Waals surface area contributed by atoms with Crippen molar-refractivity contribution in [1.82, 2.24) is 5.32 Å². The molecule has 0 unspecified atom stereocenters. The Morgan fingerprint density at radius 1 is 0.690 bits per heavy atom. The van der Waals surface area contributed by atoms with Gasteiger partial charge >= 0.3 is 0 Å². The van der Waals surface area contributed by atoms with Crippen LogP contribution in [0.15, 0.2) is 140 Å². The smallest absolute Gasteiger partial charge is 0.262 e. The van der Waals surface area contributed by atoms with Gasteiger partial charge in [0.15, 0.2) is 6.61 Å². The van der Waals surface area contributed by atoms with Gasteiger partial charge < -0.3 is 15.0 Å². The SMILES string of the molecule is O=C(COc1ccc([C@H]2N(Cc3ccccc3)c3ccccc3C(=O)N2c2ccccc2)cc1)NCc1ccccc1. The van der Waals surface area contributed by atoms with Gasteiger partial charge in [-0.05, 0) is 53.1 Å². The van der Waals surface area contributed by atoms with Gasteiger partial charge in [-0.1, -0.05) is 103 Å². The van der Waals surface area contributed by atoms with Gasteiger partial charge in [-0.3, -0.25) is 14.5 Å². The van der Waals surface area contributed by atoms with Crippen molar-refractivity contribution in [2.75, 3.05) is 16.4 Å². The fourth-order valence-electron chi connectivity index (χ4n) is 5.28. The zero-order valence-electron chi connectivity index (χ0n) is 23.1. The molecule has 0 bridgehead atoms. The summed E-state index contributed by atoms with van der Waals surface area (Å²) in [6, 6.07) is 45.2. The second kappa shape index (κ2) is 12.4. The second-order valence-electron chi connectivity index (χ2n) is 10.1. The number of fused-ring (bicyclic) bond motifs is 1. The van der Waals surface area contributed by atoms with E-state index in [1.54, 1.807) is 0 Å². The molecule has 1 aliphatic rings. The first-order valence-corrected chi connectivity index (χ1v) is 14.0. The lowest BCUT2D eigenvalue weighted by Gasteiger charge is -2.46. The highest BCUT2D eigenvalue weighted by molar-refractivity contribution is 6.12. The first-order valence-electron chi connectivity index (χ1n) is 14.0. The van der Waals surface area contributed by atoms with Gasteiger partial charge in [-0.25, -0.2) is 0 Å². The Bertz CT molecular complexity index is 1640. The highest BCUT2D eigenvalue weighted by atomic mass is 16.5. The van der Waals surface area contributed by atoms with E-state index >= 15 is 0 Å². The summed E-state index contributed by atoms with van der Waals surface area (Å²) in [7, 11) is 0. The molecule has 0 aliphatic carbocycles. The number of nitrogens with one attached hydrogen (secondary N) is 1. The molecular formula is C36H31N3O3. The van der Waals surface area contributed by atoms with Crippen LogP contribution >= 0.6 is 0 Å². The van der Waals surface area contributed by atoms with Crippen LogP contribution in [-0.4, -0.2) is 18.4 Å². The van der Waals surface area contributed by atoms with E-state index in [-0.39, 0.29) is 18.4 Å². The molecule has 0 spiro atoms. The standard InChI is InChI=1S/C36H31N3O3/c40-34(37-24-27-12-4-1-5-13-27)26-42-31-22-20-29(21-23-31)35-38(25-28-14-6-2-7-15-28)33-19-11-10-18-32(33)36(41)39(35)30-16-8-3-9-17-30/h1-23,35H,24-26H2,(H,37,40)/t35-/m0/s1. The Balaban J connectivity index is 1.28. The Labute approximate surface area is 245 Å². The summed E-state index contributed by atoms with van der Waals surface area (Å²) < 4.78 is 5.80. The Kier molecular flexibility index (Phi) is 7.95. The lowest BCUT2D eigenvalue weighted by atomic mass is 9.99. The van der Waals surface area contributed by atoms with Crippen LogP contribution < -0.4 is 19.9 Å². The molecule has 42 heavy (non-hydrogen) atoms. The maximum atomic E-state index is 14.0. The van der Waals surface area contributed by atoms with Crippen LogP contribution in [0.25, 0.3) is 0 Å². The van der Waals surface area contributed by atoms with Gasteiger partial charge in [0.2, 0.25) is 0 Å². The number of para-hydroxylation sites is 2. The molecule has 0 saturated heterocycles. The largest absolute Gasteiger partial charge is 0.484 e. The molecule has 1 atom stereocenters. The zero-order chi connectivity index (χ0) is 28.7.